The highest BCUT2D eigenvalue weighted by atomic mass is 35.5. The summed E-state index contributed by atoms with van der Waals surface area (Å²) in [6.45, 7) is 5.61. The van der Waals surface area contributed by atoms with Crippen molar-refractivity contribution in [1.29, 1.82) is 0 Å². The Morgan fingerprint density at radius 1 is 1.02 bits per heavy atom. The Labute approximate surface area is 325 Å². The first-order valence-corrected chi connectivity index (χ1v) is 20.7. The van der Waals surface area contributed by atoms with Crippen LogP contribution < -0.4 is 15.4 Å². The van der Waals surface area contributed by atoms with Gasteiger partial charge in [0.05, 0.1) is 17.4 Å². The number of thiophene rings is 1. The molecule has 5 amide bonds. The summed E-state index contributed by atoms with van der Waals surface area (Å²) in [7, 11) is -1.90. The summed E-state index contributed by atoms with van der Waals surface area (Å²) in [4.78, 5) is 71.8. The van der Waals surface area contributed by atoms with E-state index in [1.807, 2.05) is 12.1 Å². The number of hydrogen-bond acceptors (Lipinski definition) is 9. The van der Waals surface area contributed by atoms with E-state index >= 15 is 0 Å². The number of hydrogen-bond donors (Lipinski definition) is 3. The highest BCUT2D eigenvalue weighted by molar-refractivity contribution is 7.86. The molecular weight excluding hydrogens is 765 g/mol. The number of carbonyl (C=O) groups excluding carboxylic acids is 5. The van der Waals surface area contributed by atoms with Crippen molar-refractivity contribution < 1.29 is 37.7 Å². The fourth-order valence-corrected chi connectivity index (χ4v) is 9.88. The zero-order chi connectivity index (χ0) is 38.1. The number of nitrogens with one attached hydrogen (secondary N) is 3. The molecule has 6 unspecified atom stereocenters. The summed E-state index contributed by atoms with van der Waals surface area (Å²) in [5.74, 6) is -1.92. The minimum Gasteiger partial charge on any atom is -0.444 e. The zero-order valence-electron chi connectivity index (χ0n) is 29.9. The molecule has 4 heterocycles. The largest absolute Gasteiger partial charge is 0.444 e. The molecule has 1 aliphatic carbocycles. The summed E-state index contributed by atoms with van der Waals surface area (Å²) in [6.07, 6.45) is 3.08. The maximum absolute atomic E-state index is 14.4. The molecule has 0 radical (unpaired) electrons. The number of nitrogens with zero attached hydrogens (tertiary/aromatic N) is 2. The molecule has 288 valence electrons. The third-order valence-corrected chi connectivity index (χ3v) is 13.1. The van der Waals surface area contributed by atoms with E-state index < -0.39 is 70.2 Å². The van der Waals surface area contributed by atoms with Gasteiger partial charge in [-0.25, -0.2) is 13.8 Å². The molecule has 0 bridgehead atoms. The number of benzene rings is 1. The molecule has 1 saturated carbocycles. The molecule has 3 N–H and O–H groups in total. The Morgan fingerprint density at radius 3 is 2.45 bits per heavy atom. The molecule has 4 aliphatic rings. The number of alkyl carbamates (subject to hydrolysis) is 1. The third-order valence-electron chi connectivity index (χ3n) is 10.1. The maximum Gasteiger partial charge on any atom is 0.410 e. The predicted molar refractivity (Wildman–Crippen MR) is 199 cm³/mol. The van der Waals surface area contributed by atoms with Crippen LogP contribution in [0.2, 0.25) is 9.36 Å². The molecule has 3 aliphatic heterocycles. The molecule has 6 atom stereocenters. The molecule has 1 aromatic carbocycles. The molecule has 1 aromatic heterocycles. The first-order chi connectivity index (χ1) is 25.1. The lowest BCUT2D eigenvalue weighted by atomic mass is 10.0. The van der Waals surface area contributed by atoms with Crippen molar-refractivity contribution in [2.45, 2.75) is 125 Å². The molecule has 6 rings (SSSR count). The number of carbonyl (C=O) groups is 5. The Morgan fingerprint density at radius 2 is 1.75 bits per heavy atom. The van der Waals surface area contributed by atoms with Gasteiger partial charge in [-0.15, -0.1) is 11.3 Å². The first kappa shape index (κ1) is 39.3. The number of fused-ring (bicyclic) bond motifs is 3. The molecule has 0 spiro atoms. The summed E-state index contributed by atoms with van der Waals surface area (Å²) in [6, 6.07) is 6.48. The van der Waals surface area contributed by atoms with Crippen molar-refractivity contribution in [3.05, 3.63) is 50.8 Å². The molecule has 13 nitrogen and oxygen atoms in total. The van der Waals surface area contributed by atoms with Crippen LogP contribution in [-0.4, -0.2) is 79.8 Å². The van der Waals surface area contributed by atoms with Gasteiger partial charge >= 0.3 is 12.2 Å². The summed E-state index contributed by atoms with van der Waals surface area (Å²) in [5.41, 5.74) is -0.408. The molecule has 53 heavy (non-hydrogen) atoms. The second kappa shape index (κ2) is 16.1. The van der Waals surface area contributed by atoms with Gasteiger partial charge in [-0.3, -0.25) is 24.0 Å². The van der Waals surface area contributed by atoms with Crippen molar-refractivity contribution >= 4 is 75.4 Å². The SMILES string of the molecule is CC(C)(C)OC(=O)NC1CCCCCCCC2CC2(C(=O)NS(=O)c2ccc(Cl)s2)NC(=O)C2CC(OC(=O)N3Cc4cccc(Cl)c4C3)CN2C1=O. The number of amides is 5. The van der Waals surface area contributed by atoms with Crippen molar-refractivity contribution in [2.24, 2.45) is 5.92 Å². The topological polar surface area (TPSA) is 163 Å². The lowest BCUT2D eigenvalue weighted by Crippen LogP contribution is -2.58. The van der Waals surface area contributed by atoms with E-state index in [4.69, 9.17) is 32.7 Å². The predicted octanol–water partition coefficient (Wildman–Crippen LogP) is 5.83. The van der Waals surface area contributed by atoms with E-state index in [9.17, 15) is 28.2 Å². The van der Waals surface area contributed by atoms with Gasteiger partial charge in [0.15, 0.2) is 11.0 Å². The van der Waals surface area contributed by atoms with Crippen molar-refractivity contribution in [2.75, 3.05) is 6.54 Å². The van der Waals surface area contributed by atoms with Gasteiger partial charge in [-0.1, -0.05) is 67.4 Å². The van der Waals surface area contributed by atoms with Gasteiger partial charge in [-0.05, 0) is 75.3 Å². The van der Waals surface area contributed by atoms with Crippen molar-refractivity contribution in [3.8, 4) is 0 Å². The van der Waals surface area contributed by atoms with Crippen LogP contribution in [0.15, 0.2) is 34.5 Å². The first-order valence-electron chi connectivity index (χ1n) is 18.0. The average molecular weight is 811 g/mol. The molecule has 2 aromatic rings. The van der Waals surface area contributed by atoms with E-state index in [0.29, 0.717) is 45.8 Å². The molecule has 2 saturated heterocycles. The summed E-state index contributed by atoms with van der Waals surface area (Å²) < 4.78 is 27.9. The molecule has 17 heteroatoms. The van der Waals surface area contributed by atoms with Gasteiger partial charge in [-0.2, -0.15) is 0 Å². The van der Waals surface area contributed by atoms with Crippen LogP contribution in [0.4, 0.5) is 9.59 Å². The quantitative estimate of drug-likeness (QED) is 0.340. The fraction of sp³-hybridized carbons (Fsp3) is 0.583. The Bertz CT molecular complexity index is 1790. The van der Waals surface area contributed by atoms with Crippen molar-refractivity contribution in [3.63, 3.8) is 0 Å². The minimum absolute atomic E-state index is 0.0357. The highest BCUT2D eigenvalue weighted by Gasteiger charge is 2.62. The second-order valence-electron chi connectivity index (χ2n) is 15.1. The smallest absolute Gasteiger partial charge is 0.410 e. The van der Waals surface area contributed by atoms with Gasteiger partial charge < -0.3 is 25.0 Å². The summed E-state index contributed by atoms with van der Waals surface area (Å²) >= 11 is 13.5. The van der Waals surface area contributed by atoms with Gasteiger partial charge in [0.25, 0.3) is 5.91 Å². The second-order valence-corrected chi connectivity index (χ2v) is 18.7. The Balaban J connectivity index is 1.24. The maximum atomic E-state index is 14.4. The van der Waals surface area contributed by atoms with Gasteiger partial charge in [0.1, 0.15) is 33.5 Å². The van der Waals surface area contributed by atoms with Crippen LogP contribution in [0.25, 0.3) is 0 Å². The van der Waals surface area contributed by atoms with Crippen LogP contribution in [0, 0.1) is 5.92 Å². The number of rotatable bonds is 5. The summed E-state index contributed by atoms with van der Waals surface area (Å²) in [5, 5.41) is 6.22. The zero-order valence-corrected chi connectivity index (χ0v) is 33.1. The lowest BCUT2D eigenvalue weighted by molar-refractivity contribution is -0.141. The number of ether oxygens (including phenoxy) is 2. The monoisotopic (exact) mass is 809 g/mol. The van der Waals surface area contributed by atoms with Crippen LogP contribution in [0.1, 0.15) is 89.7 Å². The third kappa shape index (κ3) is 9.29. The molecule has 3 fully saturated rings. The Hall–Kier alpha value is -3.40. The van der Waals surface area contributed by atoms with Crippen LogP contribution in [0.5, 0.6) is 0 Å². The normalized spacial score (nSPS) is 26.9. The highest BCUT2D eigenvalue weighted by Crippen LogP contribution is 2.48. The lowest BCUT2D eigenvalue weighted by Gasteiger charge is -2.30. The van der Waals surface area contributed by atoms with E-state index in [-0.39, 0.29) is 25.4 Å². The fourth-order valence-electron chi connectivity index (χ4n) is 7.37. The van der Waals surface area contributed by atoms with Crippen LogP contribution in [-0.2, 0) is 47.9 Å². The van der Waals surface area contributed by atoms with Gasteiger partial charge in [0.2, 0.25) is 11.8 Å². The van der Waals surface area contributed by atoms with Gasteiger partial charge in [0, 0.05) is 18.0 Å². The standard InChI is InChI=1S/C36H45Cl2N5O8S2/c1-35(2,3)51-33(47)39-26-13-8-6-4-5-7-11-22-17-36(22,32(46)41-53(49)29-15-14-28(38)52-29)40-30(44)27-16-23(19-43(27)31(26)45)50-34(48)42-18-21-10-9-12-25(37)24(21)20-42/h9-10,12,14-15,22-23,26-27H,4-8,11,13,16-20H2,1-3H3,(H,39,47)(H,40,44)(H,41,46). The van der Waals surface area contributed by atoms with E-state index in [1.165, 1.54) is 9.80 Å². The van der Waals surface area contributed by atoms with Crippen LogP contribution >= 0.6 is 34.5 Å². The van der Waals surface area contributed by atoms with E-state index in [2.05, 4.69) is 15.4 Å². The Kier molecular flexibility index (Phi) is 12.0. The average Bonchev–Trinajstić information content (AvgIpc) is 3.45. The van der Waals surface area contributed by atoms with Crippen molar-refractivity contribution in [1.82, 2.24) is 25.2 Å². The van der Waals surface area contributed by atoms with E-state index in [1.54, 1.807) is 39.0 Å². The molecular formula is C36H45Cl2N5O8S2. The minimum atomic E-state index is -1.90. The van der Waals surface area contributed by atoms with Crippen LogP contribution in [0.3, 0.4) is 0 Å². The number of halogens is 2. The van der Waals surface area contributed by atoms with E-state index in [0.717, 1.165) is 48.1 Å².